The summed E-state index contributed by atoms with van der Waals surface area (Å²) < 4.78 is 23.9. The molecule has 0 aromatic heterocycles. The Balaban J connectivity index is 5.84. The minimum absolute atomic E-state index is 0.0265. The minimum Gasteiger partial charge on any atom is -0.545 e. The number of hydrogen-bond donors (Lipinski definition) is 1. The number of rotatable bonds is 13. The van der Waals surface area contributed by atoms with Gasteiger partial charge in [0.05, 0.1) is 33.3 Å². The third-order valence-electron chi connectivity index (χ3n) is 3.92. The van der Waals surface area contributed by atoms with E-state index in [0.29, 0.717) is 23.9 Å². The third kappa shape index (κ3) is 10.8. The van der Waals surface area contributed by atoms with Gasteiger partial charge in [0.25, 0.3) is 0 Å². The maximum Gasteiger partial charge on any atom is 0.333 e. The van der Waals surface area contributed by atoms with Crippen LogP contribution < -0.4 is 5.11 Å². The summed E-state index contributed by atoms with van der Waals surface area (Å²) >= 11 is 0. The van der Waals surface area contributed by atoms with Crippen LogP contribution in [0.5, 0.6) is 0 Å². The van der Waals surface area contributed by atoms with Crippen molar-refractivity contribution in [3.63, 3.8) is 0 Å². The number of unbranched alkanes of at least 4 members (excludes halogenated alkanes) is 1. The molecule has 0 saturated heterocycles. The molecule has 162 valence electrons. The molecule has 1 N–H and O–H groups in total. The zero-order valence-corrected chi connectivity index (χ0v) is 18.7. The smallest absolute Gasteiger partial charge is 0.333 e. The average Bonchev–Trinajstić information content (AvgIpc) is 2.50. The van der Waals surface area contributed by atoms with Crippen LogP contribution in [-0.2, 0) is 23.4 Å². The van der Waals surface area contributed by atoms with Crippen LogP contribution in [0.1, 0.15) is 40.0 Å². The molecule has 0 spiro atoms. The molecule has 9 heteroatoms. The molecular weight excluding hydrogens is 385 g/mol. The number of quaternary nitrogens is 1. The minimum atomic E-state index is -4.19. The fourth-order valence-electron chi connectivity index (χ4n) is 2.35. The standard InChI is InChI=1S/C19H34NO7P/c1-8-9-10-19(13-16(4)17(21)22,27-18(23)15(2)3)14-28(24,25)26-12-11-20(5,6)7/h13H,2,8-12,14H2,1,3-7H3,(H-,21,22,24,25). The van der Waals surface area contributed by atoms with Crippen molar-refractivity contribution in [1.29, 1.82) is 0 Å². The first-order valence-electron chi connectivity index (χ1n) is 9.19. The Morgan fingerprint density at radius 1 is 1.29 bits per heavy atom. The average molecular weight is 419 g/mol. The molecule has 8 nitrogen and oxygen atoms in total. The summed E-state index contributed by atoms with van der Waals surface area (Å²) in [5.41, 5.74) is -1.71. The second kappa shape index (κ2) is 10.9. The molecular formula is C19H34NO7P. The number of ether oxygens (including phenoxy) is 1. The summed E-state index contributed by atoms with van der Waals surface area (Å²) in [5.74, 6) is -2.23. The molecule has 0 heterocycles. The summed E-state index contributed by atoms with van der Waals surface area (Å²) in [5, 5.41) is 11.2. The molecule has 0 aromatic rings. The van der Waals surface area contributed by atoms with Crippen molar-refractivity contribution < 1.29 is 37.9 Å². The van der Waals surface area contributed by atoms with Gasteiger partial charge in [-0.3, -0.25) is 4.57 Å². The molecule has 0 aliphatic carbocycles. The molecule has 0 aliphatic heterocycles. The Bertz CT molecular complexity index is 651. The second-order valence-electron chi connectivity index (χ2n) is 8.10. The maximum absolute atomic E-state index is 12.7. The molecule has 0 aromatic carbocycles. The molecule has 28 heavy (non-hydrogen) atoms. The summed E-state index contributed by atoms with van der Waals surface area (Å²) in [7, 11) is 1.56. The van der Waals surface area contributed by atoms with Crippen LogP contribution in [-0.4, -0.2) is 67.4 Å². The third-order valence-corrected chi connectivity index (χ3v) is 5.44. The van der Waals surface area contributed by atoms with Gasteiger partial charge in [0.2, 0.25) is 0 Å². The molecule has 2 atom stereocenters. The lowest BCUT2D eigenvalue weighted by atomic mass is 9.95. The zero-order valence-electron chi connectivity index (χ0n) is 17.8. The van der Waals surface area contributed by atoms with Gasteiger partial charge in [-0.15, -0.1) is 0 Å². The molecule has 0 rings (SSSR count). The van der Waals surface area contributed by atoms with Crippen molar-refractivity contribution in [1.82, 2.24) is 0 Å². The zero-order chi connectivity index (χ0) is 22.2. The van der Waals surface area contributed by atoms with Gasteiger partial charge >= 0.3 is 13.6 Å². The second-order valence-corrected chi connectivity index (χ2v) is 9.95. The number of carbonyl (C=O) groups is 2. The lowest BCUT2D eigenvalue weighted by Crippen LogP contribution is -2.40. The topological polar surface area (TPSA) is 113 Å². The van der Waals surface area contributed by atoms with E-state index < -0.39 is 31.3 Å². The van der Waals surface area contributed by atoms with E-state index in [0.717, 1.165) is 0 Å². The first-order chi connectivity index (χ1) is 12.6. The van der Waals surface area contributed by atoms with Crippen LogP contribution >= 0.6 is 7.60 Å². The summed E-state index contributed by atoms with van der Waals surface area (Å²) in [6, 6.07) is 0. The fraction of sp³-hybridized carbons (Fsp3) is 0.684. The van der Waals surface area contributed by atoms with Crippen LogP contribution in [0, 0.1) is 0 Å². The highest BCUT2D eigenvalue weighted by Crippen LogP contribution is 2.48. The molecule has 0 aliphatic rings. The molecule has 0 bridgehead atoms. The van der Waals surface area contributed by atoms with E-state index >= 15 is 0 Å². The molecule has 2 unspecified atom stereocenters. The number of carboxylic acids is 1. The van der Waals surface area contributed by atoms with Gasteiger partial charge in [-0.1, -0.05) is 19.9 Å². The van der Waals surface area contributed by atoms with Gasteiger partial charge in [-0.25, -0.2) is 4.79 Å². The van der Waals surface area contributed by atoms with Gasteiger partial charge < -0.3 is 28.5 Å². The van der Waals surface area contributed by atoms with Crippen molar-refractivity contribution in [2.75, 3.05) is 40.5 Å². The van der Waals surface area contributed by atoms with Crippen LogP contribution in [0.2, 0.25) is 0 Å². The number of carbonyl (C=O) groups excluding carboxylic acids is 2. The van der Waals surface area contributed by atoms with Crippen molar-refractivity contribution >= 4 is 19.5 Å². The number of carboxylic acid groups (broad SMARTS) is 1. The Morgan fingerprint density at radius 3 is 2.29 bits per heavy atom. The highest BCUT2D eigenvalue weighted by Gasteiger charge is 2.40. The normalized spacial score (nSPS) is 16.8. The van der Waals surface area contributed by atoms with E-state index in [1.807, 2.05) is 28.1 Å². The Kier molecular flexibility index (Phi) is 10.3. The highest BCUT2D eigenvalue weighted by atomic mass is 31.2. The van der Waals surface area contributed by atoms with Gasteiger partial charge in [-0.05, 0) is 38.3 Å². The largest absolute Gasteiger partial charge is 0.545 e. The van der Waals surface area contributed by atoms with E-state index in [4.69, 9.17) is 9.26 Å². The maximum atomic E-state index is 12.7. The van der Waals surface area contributed by atoms with Crippen molar-refractivity contribution in [3.05, 3.63) is 23.8 Å². The summed E-state index contributed by atoms with van der Waals surface area (Å²) in [6.45, 7) is 8.66. The van der Waals surface area contributed by atoms with E-state index in [9.17, 15) is 24.2 Å². The number of likely N-dealkylation sites (N-methyl/N-ethyl adjacent to an activating group) is 1. The van der Waals surface area contributed by atoms with Crippen LogP contribution in [0.4, 0.5) is 0 Å². The first-order valence-corrected chi connectivity index (χ1v) is 11.0. The van der Waals surface area contributed by atoms with Crippen LogP contribution in [0.25, 0.3) is 0 Å². The molecule has 0 amide bonds. The van der Waals surface area contributed by atoms with Gasteiger partial charge in [-0.2, -0.15) is 0 Å². The van der Waals surface area contributed by atoms with E-state index in [1.165, 1.54) is 19.9 Å². The first kappa shape index (κ1) is 26.5. The Morgan fingerprint density at radius 2 is 1.86 bits per heavy atom. The quantitative estimate of drug-likeness (QED) is 0.209. The summed E-state index contributed by atoms with van der Waals surface area (Å²) in [6.07, 6.45) is 2.03. The number of aliphatic carboxylic acids is 1. The van der Waals surface area contributed by atoms with Crippen molar-refractivity contribution in [3.8, 4) is 0 Å². The van der Waals surface area contributed by atoms with E-state index in [1.54, 1.807) is 0 Å². The lowest BCUT2D eigenvalue weighted by molar-refractivity contribution is -0.870. The van der Waals surface area contributed by atoms with Gasteiger partial charge in [0.15, 0.2) is 0 Å². The van der Waals surface area contributed by atoms with Gasteiger partial charge in [0, 0.05) is 5.57 Å². The lowest BCUT2D eigenvalue weighted by Gasteiger charge is -2.33. The summed E-state index contributed by atoms with van der Waals surface area (Å²) in [4.78, 5) is 33.8. The van der Waals surface area contributed by atoms with Crippen LogP contribution in [0.15, 0.2) is 23.8 Å². The van der Waals surface area contributed by atoms with Gasteiger partial charge in [0.1, 0.15) is 18.8 Å². The Hall–Kier alpha value is -1.47. The number of hydrogen-bond acceptors (Lipinski definition) is 6. The SMILES string of the molecule is C=C(C)C(=O)OC(C=C(C)C(=O)[O-])(CCCC)CP(=O)(O)OCC[N+](C)(C)C. The Labute approximate surface area is 168 Å². The number of nitrogens with zero attached hydrogens (tertiary/aromatic N) is 1. The highest BCUT2D eigenvalue weighted by molar-refractivity contribution is 7.52. The van der Waals surface area contributed by atoms with E-state index in [2.05, 4.69) is 6.58 Å². The van der Waals surface area contributed by atoms with Crippen molar-refractivity contribution in [2.45, 2.75) is 45.6 Å². The fourth-order valence-corrected chi connectivity index (χ4v) is 3.80. The molecule has 0 fully saturated rings. The predicted octanol–water partition coefficient (Wildman–Crippen LogP) is 1.64. The predicted molar refractivity (Wildman–Crippen MR) is 105 cm³/mol. The number of esters is 1. The monoisotopic (exact) mass is 419 g/mol. The molecule has 0 radical (unpaired) electrons. The van der Waals surface area contributed by atoms with Crippen LogP contribution in [0.3, 0.4) is 0 Å². The van der Waals surface area contributed by atoms with Crippen molar-refractivity contribution in [2.24, 2.45) is 0 Å². The molecule has 0 saturated carbocycles. The van der Waals surface area contributed by atoms with E-state index in [-0.39, 0.29) is 24.2 Å².